The summed E-state index contributed by atoms with van der Waals surface area (Å²) in [4.78, 5) is 15.4. The van der Waals surface area contributed by atoms with Crippen molar-refractivity contribution in [3.05, 3.63) is 11.1 Å². The first-order valence-corrected chi connectivity index (χ1v) is 6.58. The number of aromatic nitrogens is 1. The normalized spacial score (nSPS) is 11.8. The van der Waals surface area contributed by atoms with Crippen LogP contribution in [0.25, 0.3) is 0 Å². The Morgan fingerprint density at radius 1 is 1.81 bits per heavy atom. The van der Waals surface area contributed by atoms with E-state index in [0.29, 0.717) is 12.3 Å². The predicted octanol–water partition coefficient (Wildman–Crippen LogP) is 2.25. The van der Waals surface area contributed by atoms with Gasteiger partial charge in [0.25, 0.3) is 0 Å². The number of thioether (sulfide) groups is 1. The maximum atomic E-state index is 11.2. The molecule has 0 amide bonds. The second-order valence-electron chi connectivity index (χ2n) is 2.98. The van der Waals surface area contributed by atoms with Crippen LogP contribution in [0.4, 0.5) is 0 Å². The summed E-state index contributed by atoms with van der Waals surface area (Å²) >= 11 is 2.85. The SMILES string of the molecule is CCOC(=O)Cc1csc(S[C@@H](C)C#N)n1. The Morgan fingerprint density at radius 2 is 2.56 bits per heavy atom. The number of hydrogen-bond donors (Lipinski definition) is 0. The summed E-state index contributed by atoms with van der Waals surface area (Å²) in [5.41, 5.74) is 0.705. The molecule has 0 aliphatic rings. The standard InChI is InChI=1S/C10H12N2O2S2/c1-3-14-9(13)4-8-6-15-10(12-8)16-7(2)5-11/h6-7H,3-4H2,1-2H3/t7-/m0/s1. The predicted molar refractivity (Wildman–Crippen MR) is 63.4 cm³/mol. The van der Waals surface area contributed by atoms with Crippen molar-refractivity contribution in [1.82, 2.24) is 4.98 Å². The van der Waals surface area contributed by atoms with Crippen LogP contribution in [0, 0.1) is 11.3 Å². The largest absolute Gasteiger partial charge is 0.466 e. The number of hydrogen-bond acceptors (Lipinski definition) is 6. The molecule has 1 rings (SSSR count). The van der Waals surface area contributed by atoms with Crippen molar-refractivity contribution in [2.75, 3.05) is 6.61 Å². The van der Waals surface area contributed by atoms with E-state index in [9.17, 15) is 4.79 Å². The molecule has 0 aromatic carbocycles. The first-order valence-electron chi connectivity index (χ1n) is 4.82. The van der Waals surface area contributed by atoms with Crippen LogP contribution < -0.4 is 0 Å². The Morgan fingerprint density at radius 3 is 3.19 bits per heavy atom. The van der Waals surface area contributed by atoms with Gasteiger partial charge in [-0.2, -0.15) is 5.26 Å². The van der Waals surface area contributed by atoms with Crippen LogP contribution in [-0.4, -0.2) is 22.8 Å². The number of carbonyl (C=O) groups excluding carboxylic acids is 1. The van der Waals surface area contributed by atoms with Gasteiger partial charge in [0.05, 0.1) is 30.0 Å². The molecule has 1 heterocycles. The fourth-order valence-electron chi connectivity index (χ4n) is 0.961. The molecule has 16 heavy (non-hydrogen) atoms. The third kappa shape index (κ3) is 4.21. The van der Waals surface area contributed by atoms with Gasteiger partial charge in [-0.15, -0.1) is 11.3 Å². The van der Waals surface area contributed by atoms with E-state index in [-0.39, 0.29) is 17.6 Å². The molecule has 4 nitrogen and oxygen atoms in total. The maximum Gasteiger partial charge on any atom is 0.311 e. The zero-order valence-corrected chi connectivity index (χ0v) is 10.7. The molecule has 6 heteroatoms. The number of carbonyl (C=O) groups is 1. The lowest BCUT2D eigenvalue weighted by molar-refractivity contribution is -0.142. The van der Waals surface area contributed by atoms with Crippen molar-refractivity contribution in [3.63, 3.8) is 0 Å². The first-order chi connectivity index (χ1) is 7.65. The van der Waals surface area contributed by atoms with Gasteiger partial charge in [0.2, 0.25) is 0 Å². The Labute approximate surface area is 103 Å². The van der Waals surface area contributed by atoms with Gasteiger partial charge in [0.15, 0.2) is 4.34 Å². The fourth-order valence-corrected chi connectivity index (χ4v) is 2.83. The molecule has 86 valence electrons. The molecule has 0 saturated carbocycles. The van der Waals surface area contributed by atoms with Crippen LogP contribution in [0.5, 0.6) is 0 Å². The summed E-state index contributed by atoms with van der Waals surface area (Å²) in [6, 6.07) is 2.12. The van der Waals surface area contributed by atoms with Gasteiger partial charge in [-0.25, -0.2) is 4.98 Å². The van der Waals surface area contributed by atoms with Crippen LogP contribution in [-0.2, 0) is 16.0 Å². The molecular weight excluding hydrogens is 244 g/mol. The Kier molecular flexibility index (Phi) is 5.29. The zero-order valence-electron chi connectivity index (χ0n) is 9.10. The minimum absolute atomic E-state index is 0.124. The summed E-state index contributed by atoms with van der Waals surface area (Å²) in [6.07, 6.45) is 0.200. The van der Waals surface area contributed by atoms with E-state index in [4.69, 9.17) is 10.00 Å². The molecule has 0 spiro atoms. The van der Waals surface area contributed by atoms with Gasteiger partial charge in [-0.1, -0.05) is 11.8 Å². The third-order valence-corrected chi connectivity index (χ3v) is 3.63. The van der Waals surface area contributed by atoms with Crippen molar-refractivity contribution < 1.29 is 9.53 Å². The number of thiazole rings is 1. The highest BCUT2D eigenvalue weighted by molar-refractivity contribution is 8.01. The van der Waals surface area contributed by atoms with Crippen molar-refractivity contribution in [3.8, 4) is 6.07 Å². The third-order valence-electron chi connectivity index (χ3n) is 1.62. The lowest BCUT2D eigenvalue weighted by atomic mass is 10.3. The van der Waals surface area contributed by atoms with Gasteiger partial charge in [0, 0.05) is 5.38 Å². The molecule has 1 aromatic rings. The summed E-state index contributed by atoms with van der Waals surface area (Å²) in [5, 5.41) is 10.3. The molecule has 1 aromatic heterocycles. The molecule has 0 aliphatic carbocycles. The quantitative estimate of drug-likeness (QED) is 0.597. The van der Waals surface area contributed by atoms with Crippen molar-refractivity contribution in [1.29, 1.82) is 5.26 Å². The van der Waals surface area contributed by atoms with E-state index in [1.54, 1.807) is 6.92 Å². The molecule has 0 fully saturated rings. The molecule has 0 saturated heterocycles. The van der Waals surface area contributed by atoms with E-state index in [0.717, 1.165) is 4.34 Å². The summed E-state index contributed by atoms with van der Waals surface area (Å²) in [5.74, 6) is -0.266. The van der Waals surface area contributed by atoms with E-state index in [1.807, 2.05) is 12.3 Å². The Hall–Kier alpha value is -1.06. The molecule has 0 unspecified atom stereocenters. The Bertz CT molecular complexity index is 398. The van der Waals surface area contributed by atoms with Crippen LogP contribution >= 0.6 is 23.1 Å². The van der Waals surface area contributed by atoms with Gasteiger partial charge >= 0.3 is 5.97 Å². The van der Waals surface area contributed by atoms with Crippen molar-refractivity contribution in [2.45, 2.75) is 29.9 Å². The minimum atomic E-state index is -0.266. The lowest BCUT2D eigenvalue weighted by Gasteiger charge is -1.98. The van der Waals surface area contributed by atoms with Crippen molar-refractivity contribution in [2.24, 2.45) is 0 Å². The number of ether oxygens (including phenoxy) is 1. The first kappa shape index (κ1) is 13.0. The van der Waals surface area contributed by atoms with E-state index in [2.05, 4.69) is 11.1 Å². The number of nitriles is 1. The van der Waals surface area contributed by atoms with Gasteiger partial charge < -0.3 is 4.74 Å². The molecule has 0 bridgehead atoms. The number of rotatable bonds is 5. The molecular formula is C10H12N2O2S2. The molecule has 0 radical (unpaired) electrons. The zero-order chi connectivity index (χ0) is 12.0. The average molecular weight is 256 g/mol. The number of esters is 1. The topological polar surface area (TPSA) is 63.0 Å². The number of nitrogens with zero attached hydrogens (tertiary/aromatic N) is 2. The maximum absolute atomic E-state index is 11.2. The van der Waals surface area contributed by atoms with Gasteiger partial charge in [-0.3, -0.25) is 4.79 Å². The van der Waals surface area contributed by atoms with Crippen LogP contribution in [0.15, 0.2) is 9.72 Å². The second-order valence-corrected chi connectivity index (χ2v) is 5.42. The summed E-state index contributed by atoms with van der Waals surface area (Å²) in [7, 11) is 0. The minimum Gasteiger partial charge on any atom is -0.466 e. The average Bonchev–Trinajstić information content (AvgIpc) is 2.65. The van der Waals surface area contributed by atoms with Gasteiger partial charge in [-0.05, 0) is 13.8 Å². The van der Waals surface area contributed by atoms with Crippen LogP contribution in [0.2, 0.25) is 0 Å². The fraction of sp³-hybridized carbons (Fsp3) is 0.500. The van der Waals surface area contributed by atoms with Crippen LogP contribution in [0.1, 0.15) is 19.5 Å². The summed E-state index contributed by atoms with van der Waals surface area (Å²) in [6.45, 7) is 3.97. The highest BCUT2D eigenvalue weighted by atomic mass is 32.2. The molecule has 0 N–H and O–H groups in total. The van der Waals surface area contributed by atoms with E-state index < -0.39 is 0 Å². The van der Waals surface area contributed by atoms with Crippen molar-refractivity contribution >= 4 is 29.1 Å². The highest BCUT2D eigenvalue weighted by Crippen LogP contribution is 2.26. The van der Waals surface area contributed by atoms with E-state index in [1.165, 1.54) is 23.1 Å². The summed E-state index contributed by atoms with van der Waals surface area (Å²) < 4.78 is 5.64. The Balaban J connectivity index is 2.52. The smallest absolute Gasteiger partial charge is 0.311 e. The molecule has 1 atom stereocenters. The highest BCUT2D eigenvalue weighted by Gasteiger charge is 2.10. The monoisotopic (exact) mass is 256 g/mol. The second kappa shape index (κ2) is 6.51. The van der Waals surface area contributed by atoms with E-state index >= 15 is 0 Å². The van der Waals surface area contributed by atoms with Crippen LogP contribution in [0.3, 0.4) is 0 Å². The lowest BCUT2D eigenvalue weighted by Crippen LogP contribution is -2.07. The van der Waals surface area contributed by atoms with Gasteiger partial charge in [0.1, 0.15) is 0 Å². The molecule has 0 aliphatic heterocycles.